The lowest BCUT2D eigenvalue weighted by Gasteiger charge is -2.36. The van der Waals surface area contributed by atoms with Crippen LogP contribution in [0.2, 0.25) is 0 Å². The highest BCUT2D eigenvalue weighted by Crippen LogP contribution is 2.24. The fourth-order valence-corrected chi connectivity index (χ4v) is 2.38. The first-order valence-corrected chi connectivity index (χ1v) is 6.62. The predicted molar refractivity (Wildman–Crippen MR) is 70.2 cm³/mol. The highest BCUT2D eigenvalue weighted by atomic mass is 16.3. The van der Waals surface area contributed by atoms with Gasteiger partial charge in [-0.2, -0.15) is 0 Å². The summed E-state index contributed by atoms with van der Waals surface area (Å²) in [6.07, 6.45) is 2.23. The SMILES string of the molecule is CC(C)CC1NC(=O)CN(C(C)c2ccco2)C1=O. The van der Waals surface area contributed by atoms with Crippen molar-refractivity contribution in [2.45, 2.75) is 39.3 Å². The van der Waals surface area contributed by atoms with E-state index in [1.807, 2.05) is 26.8 Å². The average Bonchev–Trinajstić information content (AvgIpc) is 2.85. The van der Waals surface area contributed by atoms with Gasteiger partial charge in [0.05, 0.1) is 12.3 Å². The number of hydrogen-bond donors (Lipinski definition) is 1. The molecule has 0 spiro atoms. The minimum Gasteiger partial charge on any atom is -0.467 e. The third-order valence-corrected chi connectivity index (χ3v) is 3.36. The van der Waals surface area contributed by atoms with Crippen molar-refractivity contribution in [2.24, 2.45) is 5.92 Å². The molecule has 1 N–H and O–H groups in total. The lowest BCUT2D eigenvalue weighted by Crippen LogP contribution is -2.58. The summed E-state index contributed by atoms with van der Waals surface area (Å²) in [5, 5.41) is 2.77. The van der Waals surface area contributed by atoms with Gasteiger partial charge in [-0.15, -0.1) is 0 Å². The number of amides is 2. The number of piperazine rings is 1. The molecular formula is C14H20N2O3. The molecule has 2 amide bonds. The van der Waals surface area contributed by atoms with Crippen molar-refractivity contribution in [1.29, 1.82) is 0 Å². The van der Waals surface area contributed by atoms with Crippen LogP contribution >= 0.6 is 0 Å². The standard InChI is InChI=1S/C14H20N2O3/c1-9(2)7-11-14(18)16(8-13(17)15-11)10(3)12-5-4-6-19-12/h4-6,9-11H,7-8H2,1-3H3,(H,15,17). The molecule has 0 aliphatic carbocycles. The second-order valence-electron chi connectivity index (χ2n) is 5.41. The molecule has 1 aliphatic heterocycles. The normalized spacial score (nSPS) is 21.7. The first-order valence-electron chi connectivity index (χ1n) is 6.62. The van der Waals surface area contributed by atoms with E-state index in [9.17, 15) is 9.59 Å². The number of hydrogen-bond acceptors (Lipinski definition) is 3. The van der Waals surface area contributed by atoms with Gasteiger partial charge in [-0.3, -0.25) is 9.59 Å². The van der Waals surface area contributed by atoms with Gasteiger partial charge in [-0.1, -0.05) is 13.8 Å². The molecule has 5 heteroatoms. The number of nitrogens with zero attached hydrogens (tertiary/aromatic N) is 1. The lowest BCUT2D eigenvalue weighted by atomic mass is 10.00. The molecule has 1 aromatic rings. The van der Waals surface area contributed by atoms with Crippen LogP contribution in [0.5, 0.6) is 0 Å². The Balaban J connectivity index is 2.15. The highest BCUT2D eigenvalue weighted by molar-refractivity contribution is 5.95. The molecule has 0 saturated carbocycles. The Kier molecular flexibility index (Phi) is 3.93. The molecule has 5 nitrogen and oxygen atoms in total. The van der Waals surface area contributed by atoms with Crippen LogP contribution in [0.3, 0.4) is 0 Å². The summed E-state index contributed by atoms with van der Waals surface area (Å²) in [4.78, 5) is 25.8. The molecule has 1 aliphatic rings. The molecular weight excluding hydrogens is 244 g/mol. The van der Waals surface area contributed by atoms with E-state index in [2.05, 4.69) is 5.32 Å². The van der Waals surface area contributed by atoms with Crippen molar-refractivity contribution >= 4 is 11.8 Å². The number of nitrogens with one attached hydrogen (secondary N) is 1. The van der Waals surface area contributed by atoms with Crippen LogP contribution in [0.4, 0.5) is 0 Å². The van der Waals surface area contributed by atoms with Gasteiger partial charge in [-0.05, 0) is 31.4 Å². The van der Waals surface area contributed by atoms with Crippen molar-refractivity contribution in [2.75, 3.05) is 6.54 Å². The van der Waals surface area contributed by atoms with E-state index in [1.54, 1.807) is 17.2 Å². The maximum absolute atomic E-state index is 12.4. The van der Waals surface area contributed by atoms with E-state index >= 15 is 0 Å². The van der Waals surface area contributed by atoms with Gasteiger partial charge in [0.25, 0.3) is 0 Å². The minimum atomic E-state index is -0.418. The van der Waals surface area contributed by atoms with E-state index < -0.39 is 6.04 Å². The zero-order chi connectivity index (χ0) is 14.0. The summed E-state index contributed by atoms with van der Waals surface area (Å²) < 4.78 is 5.32. The lowest BCUT2D eigenvalue weighted by molar-refractivity contribution is -0.147. The zero-order valence-corrected chi connectivity index (χ0v) is 11.6. The second kappa shape index (κ2) is 5.47. The van der Waals surface area contributed by atoms with Crippen molar-refractivity contribution in [1.82, 2.24) is 10.2 Å². The van der Waals surface area contributed by atoms with E-state index in [0.29, 0.717) is 18.1 Å². The van der Waals surface area contributed by atoms with Crippen molar-refractivity contribution in [3.05, 3.63) is 24.2 Å². The minimum absolute atomic E-state index is 0.0304. The fraction of sp³-hybridized carbons (Fsp3) is 0.571. The molecule has 2 heterocycles. The first-order chi connectivity index (χ1) is 8.99. The Morgan fingerprint density at radius 1 is 1.42 bits per heavy atom. The maximum atomic E-state index is 12.4. The fourth-order valence-electron chi connectivity index (χ4n) is 2.38. The summed E-state index contributed by atoms with van der Waals surface area (Å²) in [7, 11) is 0. The topological polar surface area (TPSA) is 62.6 Å². The molecule has 1 saturated heterocycles. The molecule has 19 heavy (non-hydrogen) atoms. The van der Waals surface area contributed by atoms with Gasteiger partial charge in [0.1, 0.15) is 18.3 Å². The third kappa shape index (κ3) is 2.97. The monoisotopic (exact) mass is 264 g/mol. The van der Waals surface area contributed by atoms with Crippen LogP contribution in [-0.2, 0) is 9.59 Å². The van der Waals surface area contributed by atoms with Crippen LogP contribution in [0.15, 0.2) is 22.8 Å². The van der Waals surface area contributed by atoms with Gasteiger partial charge in [0, 0.05) is 0 Å². The van der Waals surface area contributed by atoms with Crippen LogP contribution in [-0.4, -0.2) is 29.3 Å². The summed E-state index contributed by atoms with van der Waals surface area (Å²) in [5.41, 5.74) is 0. The van der Waals surface area contributed by atoms with Gasteiger partial charge >= 0.3 is 0 Å². The number of furan rings is 1. The van der Waals surface area contributed by atoms with Crippen molar-refractivity contribution in [3.8, 4) is 0 Å². The smallest absolute Gasteiger partial charge is 0.246 e. The molecule has 1 aromatic heterocycles. The van der Waals surface area contributed by atoms with E-state index in [-0.39, 0.29) is 24.4 Å². The van der Waals surface area contributed by atoms with Crippen LogP contribution in [0.1, 0.15) is 39.0 Å². The summed E-state index contributed by atoms with van der Waals surface area (Å²) >= 11 is 0. The van der Waals surface area contributed by atoms with Crippen LogP contribution in [0, 0.1) is 5.92 Å². The Labute approximate surface area is 113 Å². The number of carbonyl (C=O) groups excluding carboxylic acids is 2. The third-order valence-electron chi connectivity index (χ3n) is 3.36. The summed E-state index contributed by atoms with van der Waals surface area (Å²) in [6, 6.07) is 2.97. The van der Waals surface area contributed by atoms with Gasteiger partial charge < -0.3 is 14.6 Å². The van der Waals surface area contributed by atoms with Gasteiger partial charge in [-0.25, -0.2) is 0 Å². The Hall–Kier alpha value is -1.78. The second-order valence-corrected chi connectivity index (χ2v) is 5.41. The molecule has 2 unspecified atom stereocenters. The van der Waals surface area contributed by atoms with E-state index in [1.165, 1.54) is 0 Å². The molecule has 0 bridgehead atoms. The quantitative estimate of drug-likeness (QED) is 0.900. The van der Waals surface area contributed by atoms with Gasteiger partial charge in [0.15, 0.2) is 0 Å². The van der Waals surface area contributed by atoms with Crippen LogP contribution in [0.25, 0.3) is 0 Å². The zero-order valence-electron chi connectivity index (χ0n) is 11.6. The number of rotatable bonds is 4. The highest BCUT2D eigenvalue weighted by Gasteiger charge is 2.36. The van der Waals surface area contributed by atoms with E-state index in [0.717, 1.165) is 0 Å². The largest absolute Gasteiger partial charge is 0.467 e. The Bertz CT molecular complexity index is 453. The summed E-state index contributed by atoms with van der Waals surface area (Å²) in [5.74, 6) is 0.917. The first kappa shape index (κ1) is 13.6. The molecule has 104 valence electrons. The maximum Gasteiger partial charge on any atom is 0.246 e. The van der Waals surface area contributed by atoms with Crippen LogP contribution < -0.4 is 5.32 Å². The molecule has 0 aromatic carbocycles. The average molecular weight is 264 g/mol. The molecule has 2 atom stereocenters. The molecule has 2 rings (SSSR count). The van der Waals surface area contributed by atoms with Crippen molar-refractivity contribution < 1.29 is 14.0 Å². The van der Waals surface area contributed by atoms with Crippen molar-refractivity contribution in [3.63, 3.8) is 0 Å². The molecule has 0 radical (unpaired) electrons. The van der Waals surface area contributed by atoms with Gasteiger partial charge in [0.2, 0.25) is 11.8 Å². The number of carbonyl (C=O) groups is 2. The van der Waals surface area contributed by atoms with E-state index in [4.69, 9.17) is 4.42 Å². The Morgan fingerprint density at radius 2 is 2.16 bits per heavy atom. The summed E-state index contributed by atoms with van der Waals surface area (Å²) in [6.45, 7) is 6.04. The molecule has 1 fully saturated rings. The predicted octanol–water partition coefficient (Wildman–Crippen LogP) is 1.71. The Morgan fingerprint density at radius 3 is 2.74 bits per heavy atom.